The molecule has 568 valence electrons. The molecule has 0 unspecified atom stereocenters. The molecule has 0 fully saturated rings. The summed E-state index contributed by atoms with van der Waals surface area (Å²) in [6.07, 6.45) is 3.75. The fraction of sp³-hybridized carbons (Fsp3) is 0.441. The van der Waals surface area contributed by atoms with Gasteiger partial charge in [0, 0.05) is 62.1 Å². The molecule has 2 aromatic heterocycles. The van der Waals surface area contributed by atoms with Crippen LogP contribution in [-0.2, 0) is 88.0 Å². The number of nitrogens with one attached hydrogen (secondary N) is 17. The van der Waals surface area contributed by atoms with Crippen LogP contribution >= 0.6 is 11.8 Å². The number of rotatable bonds is 45. The van der Waals surface area contributed by atoms with Gasteiger partial charge in [0.1, 0.15) is 60.9 Å². The Hall–Kier alpha value is -11.6. The quantitative estimate of drug-likeness (QED) is 0.0103. The number of carboxylic acids is 2. The van der Waals surface area contributed by atoms with Crippen molar-refractivity contribution >= 4 is 112 Å². The highest BCUT2D eigenvalue weighted by molar-refractivity contribution is 7.98. The van der Waals surface area contributed by atoms with E-state index in [1.54, 1.807) is 111 Å². The number of carbonyl (C=O) groups is 13. The summed E-state index contributed by atoms with van der Waals surface area (Å²) in [5, 5.41) is 68.8. The number of guanidine groups is 2. The minimum atomic E-state index is -1.99. The van der Waals surface area contributed by atoms with Crippen molar-refractivity contribution in [3.63, 3.8) is 0 Å². The number of thioether (sulfide) groups is 1. The second-order valence-corrected chi connectivity index (χ2v) is 25.9. The maximum absolute atomic E-state index is 15.1. The van der Waals surface area contributed by atoms with Crippen molar-refractivity contribution < 1.29 is 72.5 Å². The molecule has 2 heterocycles. The van der Waals surface area contributed by atoms with Crippen molar-refractivity contribution in [2.45, 2.75) is 145 Å². The number of carbonyl (C=O) groups excluding carboxylic acids is 11. The molecule has 5 aromatic rings. The molecule has 0 aliphatic carbocycles. The molecule has 11 amide bonds. The zero-order valence-corrected chi connectivity index (χ0v) is 59.4. The molecule has 0 aliphatic heterocycles. The van der Waals surface area contributed by atoms with Crippen LogP contribution in [0.15, 0.2) is 104 Å². The van der Waals surface area contributed by atoms with Crippen LogP contribution in [0.25, 0.3) is 10.9 Å². The number of aromatic amines is 2. The minimum Gasteiger partial charge on any atom is -0.481 e. The highest BCUT2D eigenvalue weighted by atomic mass is 32.2. The van der Waals surface area contributed by atoms with Gasteiger partial charge in [-0.25, -0.2) is 4.98 Å². The molecule has 105 heavy (non-hydrogen) atoms. The van der Waals surface area contributed by atoms with Crippen LogP contribution in [0.1, 0.15) is 81.7 Å². The number of H-pyrrole nitrogens is 2. The summed E-state index contributed by atoms with van der Waals surface area (Å²) in [5.74, 6) is -13.9. The van der Waals surface area contributed by atoms with E-state index in [0.717, 1.165) is 0 Å². The number of para-hydroxylation sites is 1. The van der Waals surface area contributed by atoms with Crippen molar-refractivity contribution in [1.82, 2.24) is 84.1 Å². The average Bonchev–Trinajstić information content (AvgIpc) is 1.68. The molecule has 0 spiro atoms. The molecule has 3 aromatic carbocycles. The summed E-state index contributed by atoms with van der Waals surface area (Å²) < 4.78 is 0. The van der Waals surface area contributed by atoms with Crippen LogP contribution in [0.2, 0.25) is 0 Å². The second-order valence-electron chi connectivity index (χ2n) is 24.9. The lowest BCUT2D eigenvalue weighted by molar-refractivity contribution is -0.141. The molecule has 0 saturated heterocycles. The smallest absolute Gasteiger partial charge is 0.322 e. The Kier molecular flexibility index (Phi) is 34.7. The highest BCUT2D eigenvalue weighted by Gasteiger charge is 2.37. The number of aliphatic carboxylic acids is 2. The van der Waals surface area contributed by atoms with Gasteiger partial charge in [0.05, 0.1) is 31.0 Å². The molecule has 37 heteroatoms. The van der Waals surface area contributed by atoms with Crippen molar-refractivity contribution in [3.05, 3.63) is 126 Å². The van der Waals surface area contributed by atoms with E-state index in [4.69, 9.17) is 28.0 Å². The van der Waals surface area contributed by atoms with Crippen LogP contribution < -0.4 is 86.3 Å². The number of imidazole rings is 1. The number of hydrogen-bond acceptors (Lipinski definition) is 18. The predicted octanol–water partition coefficient (Wildman–Crippen LogP) is -3.40. The molecular formula is C68H95N21O15S. The van der Waals surface area contributed by atoms with Crippen LogP contribution in [0.5, 0.6) is 0 Å². The minimum absolute atomic E-state index is 0.00746. The Bertz CT molecular complexity index is 3790. The fourth-order valence-corrected chi connectivity index (χ4v) is 11.2. The van der Waals surface area contributed by atoms with Gasteiger partial charge in [0.15, 0.2) is 11.9 Å². The lowest BCUT2D eigenvalue weighted by Crippen LogP contribution is -2.61. The van der Waals surface area contributed by atoms with E-state index in [2.05, 4.69) is 84.1 Å². The first-order valence-corrected chi connectivity index (χ1v) is 35.1. The van der Waals surface area contributed by atoms with Crippen LogP contribution in [-0.4, -0.2) is 213 Å². The number of nitrogens with zero attached hydrogens (tertiary/aromatic N) is 1. The Morgan fingerprint density at radius 3 is 1.43 bits per heavy atom. The summed E-state index contributed by atoms with van der Waals surface area (Å²) in [6.45, 7) is 3.29. The van der Waals surface area contributed by atoms with Gasteiger partial charge in [0.25, 0.3) is 0 Å². The summed E-state index contributed by atoms with van der Waals surface area (Å²) in [6, 6.07) is 9.12. The maximum atomic E-state index is 15.1. The fourth-order valence-electron chi connectivity index (χ4n) is 10.7. The highest BCUT2D eigenvalue weighted by Crippen LogP contribution is 2.20. The third-order valence-electron chi connectivity index (χ3n) is 16.2. The first-order valence-electron chi connectivity index (χ1n) is 33.7. The van der Waals surface area contributed by atoms with Gasteiger partial charge >= 0.3 is 11.9 Å². The Morgan fingerprint density at radius 1 is 0.486 bits per heavy atom. The van der Waals surface area contributed by atoms with Crippen molar-refractivity contribution in [1.29, 1.82) is 10.8 Å². The third kappa shape index (κ3) is 29.7. The molecule has 25 N–H and O–H groups in total. The van der Waals surface area contributed by atoms with E-state index in [9.17, 15) is 63.0 Å². The Morgan fingerprint density at radius 2 is 0.933 bits per heavy atom. The van der Waals surface area contributed by atoms with E-state index >= 15 is 9.59 Å². The number of fused-ring (bicyclic) bond motifs is 1. The molecule has 5 rings (SSSR count). The van der Waals surface area contributed by atoms with Gasteiger partial charge in [0.2, 0.25) is 65.0 Å². The lowest BCUT2D eigenvalue weighted by atomic mass is 10.0. The number of hydrogen-bond donors (Lipinski definition) is 22. The van der Waals surface area contributed by atoms with E-state index in [-0.39, 0.29) is 76.6 Å². The number of aromatic nitrogens is 3. The summed E-state index contributed by atoms with van der Waals surface area (Å²) in [4.78, 5) is 190. The molecule has 36 nitrogen and oxygen atoms in total. The van der Waals surface area contributed by atoms with Crippen LogP contribution in [0.3, 0.4) is 0 Å². The monoisotopic (exact) mass is 1480 g/mol. The van der Waals surface area contributed by atoms with Crippen LogP contribution in [0, 0.1) is 16.7 Å². The molecule has 0 saturated carbocycles. The van der Waals surface area contributed by atoms with Gasteiger partial charge < -0.3 is 107 Å². The van der Waals surface area contributed by atoms with E-state index in [1.165, 1.54) is 31.2 Å². The molecular weight excluding hydrogens is 1380 g/mol. The first-order chi connectivity index (χ1) is 50.0. The molecule has 0 aliphatic rings. The molecule has 0 radical (unpaired) electrons. The number of benzene rings is 3. The maximum Gasteiger partial charge on any atom is 0.322 e. The summed E-state index contributed by atoms with van der Waals surface area (Å²) in [7, 11) is 0. The number of amides is 11. The normalized spacial score (nSPS) is 13.8. The van der Waals surface area contributed by atoms with Crippen LogP contribution in [0.4, 0.5) is 0 Å². The van der Waals surface area contributed by atoms with E-state index in [0.29, 0.717) is 33.3 Å². The Balaban J connectivity index is 1.45. The van der Waals surface area contributed by atoms with E-state index in [1.807, 2.05) is 0 Å². The zero-order chi connectivity index (χ0) is 77.1. The van der Waals surface area contributed by atoms with Gasteiger partial charge in [-0.2, -0.15) is 11.8 Å². The predicted molar refractivity (Wildman–Crippen MR) is 388 cm³/mol. The van der Waals surface area contributed by atoms with Gasteiger partial charge in [-0.1, -0.05) is 92.7 Å². The first kappa shape index (κ1) is 84.0. The second kappa shape index (κ2) is 43.4. The SMILES string of the molecule is CSCC[C@H](NC(=O)[C@@H](NC(=O)[C@H](C)N)C(C)C)C(=O)NCC(=O)N[C@@H](Cc1c[nH]cn1)C(=O)N[C@@H](Cc1ccccc1)C(=O)N[C@@H](CCCNC(=N)N)C(=O)N[C@@H](Cc1c[nH]c2ccccc12)C(=O)N[C@@H](CC(=O)O)C(=O)N[C@@H](CCCNC(=N)N)C(=O)N[C@@H](Cc1ccccc1)C(=O)NCC(=O)O. The molecule has 0 bridgehead atoms. The largest absolute Gasteiger partial charge is 0.481 e. The Labute approximate surface area is 609 Å². The number of carboxylic acid groups (broad SMARTS) is 2. The van der Waals surface area contributed by atoms with Gasteiger partial charge in [-0.3, -0.25) is 73.1 Å². The van der Waals surface area contributed by atoms with E-state index < -0.39 is 175 Å². The standard InChI is InChI=1S/C68H95N21O15S/c1-37(2)56(89-57(95)38(3)69)66(104)84-47(23-26-105-4)58(96)78-34-53(90)81-51(30-42-33-74-36-80-42)64(102)86-49(28-40-17-9-6-10-18-40)62(100)82-46(22-14-25-76-68(72)73)61(99)87-50(29-41-32-77-44-20-12-11-19-43(41)44)63(101)88-52(31-54(91)92)65(103)83-45(21-13-24-75-67(70)71)60(98)85-48(59(97)79-35-55(93)94)27-39-15-7-5-8-16-39/h5-12,15-20,32-33,36-38,45-52,56,77H,13-14,21-31,34-35,69H2,1-4H3,(H,74,80)(H,78,96)(H,79,97)(H,81,90)(H,82,100)(H,83,103)(H,84,104)(H,85,98)(H,86,102)(H,87,99)(H,88,101)(H,89,95)(H,91,92)(H,93,94)(H4,70,71,75)(H4,72,73,76)/t38-,45-,46-,47-,48-,49-,50-,51-,52-,56-/m0/s1. The summed E-state index contributed by atoms with van der Waals surface area (Å²) in [5.41, 5.74) is 19.2. The van der Waals surface area contributed by atoms with Gasteiger partial charge in [-0.05, 0) is 79.7 Å². The topological polar surface area (TPSA) is 589 Å². The average molecular weight is 1480 g/mol. The lowest BCUT2D eigenvalue weighted by Gasteiger charge is -2.28. The number of nitrogens with two attached hydrogens (primary N) is 3. The van der Waals surface area contributed by atoms with Crippen molar-refractivity contribution in [3.8, 4) is 0 Å². The van der Waals surface area contributed by atoms with Crippen molar-refractivity contribution in [2.24, 2.45) is 23.1 Å². The summed E-state index contributed by atoms with van der Waals surface area (Å²) >= 11 is 1.39. The third-order valence-corrected chi connectivity index (χ3v) is 16.8. The van der Waals surface area contributed by atoms with Gasteiger partial charge in [-0.15, -0.1) is 0 Å². The van der Waals surface area contributed by atoms with Crippen molar-refractivity contribution in [2.75, 3.05) is 38.2 Å². The zero-order valence-electron chi connectivity index (χ0n) is 58.6. The molecule has 10 atom stereocenters.